The van der Waals surface area contributed by atoms with Crippen LogP contribution in [0.5, 0.6) is 0 Å². The average molecular weight is 274 g/mol. The molecule has 0 aliphatic heterocycles. The lowest BCUT2D eigenvalue weighted by Crippen LogP contribution is -2.58. The minimum Gasteiger partial charge on any atom is -0.397 e. The number of nitrogens with two attached hydrogens (primary N) is 1. The number of rotatable bonds is 4. The predicted molar refractivity (Wildman–Crippen MR) is 81.7 cm³/mol. The molecule has 1 heterocycles. The van der Waals surface area contributed by atoms with Crippen LogP contribution >= 0.6 is 0 Å². The van der Waals surface area contributed by atoms with E-state index in [0.717, 1.165) is 35.3 Å². The molecule has 0 saturated heterocycles. The minimum atomic E-state index is 0.116. The summed E-state index contributed by atoms with van der Waals surface area (Å²) in [6.07, 6.45) is 3.12. The van der Waals surface area contributed by atoms with Crippen molar-refractivity contribution in [1.29, 1.82) is 0 Å². The number of fused-ring (bicyclic) bond motifs is 1. The van der Waals surface area contributed by atoms with Gasteiger partial charge in [-0.1, -0.05) is 13.8 Å². The Hall–Kier alpha value is -1.75. The second-order valence-electron chi connectivity index (χ2n) is 6.09. The van der Waals surface area contributed by atoms with Crippen molar-refractivity contribution in [2.75, 3.05) is 17.7 Å². The molecule has 0 bridgehead atoms. The van der Waals surface area contributed by atoms with Crippen LogP contribution in [-0.2, 0) is 4.74 Å². The lowest BCUT2D eigenvalue weighted by atomic mass is 9.64. The SMILES string of the molecule is CCOC1CC(Nc2cc3[nH]ncc3cc2N)C1(C)C. The maximum absolute atomic E-state index is 6.12. The Morgan fingerprint density at radius 3 is 3.00 bits per heavy atom. The van der Waals surface area contributed by atoms with E-state index in [9.17, 15) is 0 Å². The molecule has 1 aromatic heterocycles. The molecule has 1 saturated carbocycles. The molecular weight excluding hydrogens is 252 g/mol. The van der Waals surface area contributed by atoms with E-state index in [4.69, 9.17) is 10.5 Å². The lowest BCUT2D eigenvalue weighted by molar-refractivity contribution is -0.0975. The van der Waals surface area contributed by atoms with Crippen LogP contribution in [0.3, 0.4) is 0 Å². The van der Waals surface area contributed by atoms with Crippen molar-refractivity contribution in [3.05, 3.63) is 18.3 Å². The number of ether oxygens (including phenoxy) is 1. The van der Waals surface area contributed by atoms with E-state index in [-0.39, 0.29) is 5.41 Å². The zero-order valence-electron chi connectivity index (χ0n) is 12.2. The maximum atomic E-state index is 6.12. The smallest absolute Gasteiger partial charge is 0.0672 e. The van der Waals surface area contributed by atoms with Crippen LogP contribution in [0.1, 0.15) is 27.2 Å². The summed E-state index contributed by atoms with van der Waals surface area (Å²) in [6, 6.07) is 4.36. The van der Waals surface area contributed by atoms with Crippen LogP contribution in [0.4, 0.5) is 11.4 Å². The summed E-state index contributed by atoms with van der Waals surface area (Å²) in [4.78, 5) is 0. The van der Waals surface area contributed by atoms with Gasteiger partial charge in [0.05, 0.1) is 29.2 Å². The minimum absolute atomic E-state index is 0.116. The maximum Gasteiger partial charge on any atom is 0.0672 e. The van der Waals surface area contributed by atoms with Gasteiger partial charge in [0.2, 0.25) is 0 Å². The van der Waals surface area contributed by atoms with Crippen molar-refractivity contribution >= 4 is 22.3 Å². The van der Waals surface area contributed by atoms with Crippen LogP contribution in [0.2, 0.25) is 0 Å². The number of nitrogen functional groups attached to an aromatic ring is 1. The molecule has 20 heavy (non-hydrogen) atoms. The van der Waals surface area contributed by atoms with Crippen LogP contribution < -0.4 is 11.1 Å². The molecule has 0 radical (unpaired) electrons. The van der Waals surface area contributed by atoms with Gasteiger partial charge in [-0.05, 0) is 25.5 Å². The summed E-state index contributed by atoms with van der Waals surface area (Å²) < 4.78 is 5.76. The largest absolute Gasteiger partial charge is 0.397 e. The van der Waals surface area contributed by atoms with Gasteiger partial charge in [0, 0.05) is 23.4 Å². The summed E-state index contributed by atoms with van der Waals surface area (Å²) >= 11 is 0. The molecule has 2 unspecified atom stereocenters. The number of aromatic amines is 1. The van der Waals surface area contributed by atoms with Crippen molar-refractivity contribution in [3.8, 4) is 0 Å². The molecule has 0 spiro atoms. The Morgan fingerprint density at radius 1 is 1.50 bits per heavy atom. The van der Waals surface area contributed by atoms with Crippen LogP contribution in [0.15, 0.2) is 18.3 Å². The molecule has 0 amide bonds. The third-order valence-corrected chi connectivity index (χ3v) is 4.49. The van der Waals surface area contributed by atoms with Crippen LogP contribution in [0.25, 0.3) is 10.9 Å². The van der Waals surface area contributed by atoms with Gasteiger partial charge in [0.1, 0.15) is 0 Å². The van der Waals surface area contributed by atoms with Gasteiger partial charge in [0.15, 0.2) is 0 Å². The van der Waals surface area contributed by atoms with E-state index in [1.165, 1.54) is 0 Å². The third kappa shape index (κ3) is 2.02. The van der Waals surface area contributed by atoms with E-state index in [1.807, 2.05) is 19.1 Å². The first-order valence-electron chi connectivity index (χ1n) is 7.13. The van der Waals surface area contributed by atoms with Crippen LogP contribution in [0, 0.1) is 5.41 Å². The summed E-state index contributed by atoms with van der Waals surface area (Å²) in [5.41, 5.74) is 8.96. The fraction of sp³-hybridized carbons (Fsp3) is 0.533. The average Bonchev–Trinajstić information content (AvgIpc) is 2.84. The van der Waals surface area contributed by atoms with E-state index in [2.05, 4.69) is 29.4 Å². The van der Waals surface area contributed by atoms with E-state index in [1.54, 1.807) is 6.20 Å². The summed E-state index contributed by atoms with van der Waals surface area (Å²) in [6.45, 7) is 7.28. The highest BCUT2D eigenvalue weighted by molar-refractivity contribution is 5.88. The molecule has 2 aromatic rings. The fourth-order valence-electron chi connectivity index (χ4n) is 2.94. The molecule has 2 atom stereocenters. The zero-order chi connectivity index (χ0) is 14.3. The Bertz CT molecular complexity index is 619. The first kappa shape index (κ1) is 13.2. The molecule has 108 valence electrons. The number of hydrogen-bond donors (Lipinski definition) is 3. The Balaban J connectivity index is 1.78. The molecule has 1 aliphatic rings. The van der Waals surface area contributed by atoms with E-state index in [0.29, 0.717) is 12.1 Å². The number of benzene rings is 1. The van der Waals surface area contributed by atoms with Gasteiger partial charge in [-0.25, -0.2) is 0 Å². The first-order valence-corrected chi connectivity index (χ1v) is 7.13. The Labute approximate surface area is 118 Å². The normalized spacial score (nSPS) is 24.6. The highest BCUT2D eigenvalue weighted by Gasteiger charge is 2.49. The third-order valence-electron chi connectivity index (χ3n) is 4.49. The number of H-pyrrole nitrogens is 1. The highest BCUT2D eigenvalue weighted by Crippen LogP contribution is 2.45. The van der Waals surface area contributed by atoms with E-state index >= 15 is 0 Å². The molecular formula is C15H22N4O. The summed E-state index contributed by atoms with van der Waals surface area (Å²) in [5, 5.41) is 11.6. The quantitative estimate of drug-likeness (QED) is 0.749. The zero-order valence-corrected chi connectivity index (χ0v) is 12.2. The molecule has 5 heteroatoms. The molecule has 4 N–H and O–H groups in total. The second kappa shape index (κ2) is 4.66. The molecule has 5 nitrogen and oxygen atoms in total. The number of hydrogen-bond acceptors (Lipinski definition) is 4. The van der Waals surface area contributed by atoms with E-state index < -0.39 is 0 Å². The lowest BCUT2D eigenvalue weighted by Gasteiger charge is -2.52. The van der Waals surface area contributed by atoms with Gasteiger partial charge < -0.3 is 15.8 Å². The van der Waals surface area contributed by atoms with Gasteiger partial charge in [-0.2, -0.15) is 5.10 Å². The van der Waals surface area contributed by atoms with Gasteiger partial charge in [-0.15, -0.1) is 0 Å². The fourth-order valence-corrected chi connectivity index (χ4v) is 2.94. The first-order chi connectivity index (χ1) is 9.52. The Morgan fingerprint density at radius 2 is 2.30 bits per heavy atom. The molecule has 3 rings (SSSR count). The number of aromatic nitrogens is 2. The summed E-state index contributed by atoms with van der Waals surface area (Å²) in [5.74, 6) is 0. The standard InChI is InChI=1S/C15H22N4O/c1-4-20-14-7-13(15(14,2)3)18-12-6-11-9(5-10(12)16)8-17-19-11/h5-6,8,13-14,18H,4,7,16H2,1-3H3,(H,17,19). The summed E-state index contributed by atoms with van der Waals surface area (Å²) in [7, 11) is 0. The molecule has 1 fully saturated rings. The van der Waals surface area contributed by atoms with Gasteiger partial charge in [0.25, 0.3) is 0 Å². The number of nitrogens with zero attached hydrogens (tertiary/aromatic N) is 1. The van der Waals surface area contributed by atoms with Crippen molar-refractivity contribution in [3.63, 3.8) is 0 Å². The van der Waals surface area contributed by atoms with Crippen LogP contribution in [-0.4, -0.2) is 29.0 Å². The van der Waals surface area contributed by atoms with Crippen molar-refractivity contribution < 1.29 is 4.74 Å². The van der Waals surface area contributed by atoms with Crippen molar-refractivity contribution in [1.82, 2.24) is 10.2 Å². The van der Waals surface area contributed by atoms with Gasteiger partial charge in [-0.3, -0.25) is 5.10 Å². The Kier molecular flexibility index (Phi) is 3.09. The monoisotopic (exact) mass is 274 g/mol. The molecule has 1 aliphatic carbocycles. The topological polar surface area (TPSA) is 76.0 Å². The number of nitrogens with one attached hydrogen (secondary N) is 2. The second-order valence-corrected chi connectivity index (χ2v) is 6.09. The molecule has 1 aromatic carbocycles. The highest BCUT2D eigenvalue weighted by atomic mass is 16.5. The van der Waals surface area contributed by atoms with Crippen molar-refractivity contribution in [2.45, 2.75) is 39.3 Å². The van der Waals surface area contributed by atoms with Crippen molar-refractivity contribution in [2.24, 2.45) is 5.41 Å². The predicted octanol–water partition coefficient (Wildman–Crippen LogP) is 2.76. The number of anilines is 2. The van der Waals surface area contributed by atoms with Gasteiger partial charge >= 0.3 is 0 Å².